The number of anilines is 2. The van der Waals surface area contributed by atoms with Crippen molar-refractivity contribution in [3.8, 4) is 6.07 Å². The Bertz CT molecular complexity index is 396. The van der Waals surface area contributed by atoms with Crippen molar-refractivity contribution in [1.82, 2.24) is 0 Å². The highest BCUT2D eigenvalue weighted by molar-refractivity contribution is 5.67. The van der Waals surface area contributed by atoms with Crippen LogP contribution in [0.25, 0.3) is 0 Å². The Balaban J connectivity index is 2.97. The number of nitrogens with zero attached hydrogens (tertiary/aromatic N) is 2. The van der Waals surface area contributed by atoms with E-state index in [1.54, 1.807) is 6.07 Å². The summed E-state index contributed by atoms with van der Waals surface area (Å²) < 4.78 is 12.9. The molecule has 0 atom stereocenters. The Morgan fingerprint density at radius 2 is 2.19 bits per heavy atom. The van der Waals surface area contributed by atoms with Crippen molar-refractivity contribution in [3.63, 3.8) is 0 Å². The quantitative estimate of drug-likeness (QED) is 0.795. The molecule has 0 aliphatic heterocycles. The highest BCUT2D eigenvalue weighted by Gasteiger charge is 2.13. The Morgan fingerprint density at radius 3 is 2.69 bits per heavy atom. The van der Waals surface area contributed by atoms with Crippen LogP contribution in [0.3, 0.4) is 0 Å². The number of nitrogen functional groups attached to an aromatic ring is 1. The van der Waals surface area contributed by atoms with E-state index in [1.165, 1.54) is 12.1 Å². The van der Waals surface area contributed by atoms with E-state index in [1.807, 2.05) is 18.7 Å². The second kappa shape index (κ2) is 5.36. The van der Waals surface area contributed by atoms with Crippen molar-refractivity contribution in [2.75, 3.05) is 17.2 Å². The molecule has 1 aromatic rings. The molecule has 1 aromatic carbocycles. The van der Waals surface area contributed by atoms with E-state index in [-0.39, 0.29) is 11.9 Å². The van der Waals surface area contributed by atoms with Crippen molar-refractivity contribution in [2.24, 2.45) is 0 Å². The molecule has 0 bridgehead atoms. The summed E-state index contributed by atoms with van der Waals surface area (Å²) in [7, 11) is 0. The monoisotopic (exact) mass is 221 g/mol. The summed E-state index contributed by atoms with van der Waals surface area (Å²) in [5, 5.41) is 8.59. The first-order valence-corrected chi connectivity index (χ1v) is 5.25. The van der Waals surface area contributed by atoms with Crippen LogP contribution in [-0.2, 0) is 0 Å². The van der Waals surface area contributed by atoms with Gasteiger partial charge >= 0.3 is 0 Å². The van der Waals surface area contributed by atoms with Crippen LogP contribution in [0.4, 0.5) is 15.8 Å². The van der Waals surface area contributed by atoms with Gasteiger partial charge in [-0.3, -0.25) is 0 Å². The average molecular weight is 221 g/mol. The molecule has 0 amide bonds. The first-order chi connectivity index (χ1) is 7.56. The number of rotatable bonds is 4. The summed E-state index contributed by atoms with van der Waals surface area (Å²) in [6, 6.07) is 6.66. The standard InChI is InChI=1S/C12H16FN3/c1-9(2)16(7-3-6-14)12-5-4-10(13)8-11(12)15/h4-5,8-9H,3,7,15H2,1-2H3. The lowest BCUT2D eigenvalue weighted by molar-refractivity contribution is 0.626. The molecule has 0 saturated carbocycles. The van der Waals surface area contributed by atoms with Crippen LogP contribution >= 0.6 is 0 Å². The van der Waals surface area contributed by atoms with Crippen molar-refractivity contribution in [1.29, 1.82) is 5.26 Å². The van der Waals surface area contributed by atoms with Crippen LogP contribution < -0.4 is 10.6 Å². The Hall–Kier alpha value is -1.76. The predicted octanol–water partition coefficient (Wildman–Crippen LogP) is 2.54. The van der Waals surface area contributed by atoms with E-state index in [2.05, 4.69) is 6.07 Å². The van der Waals surface area contributed by atoms with Crippen LogP contribution in [0.2, 0.25) is 0 Å². The number of halogens is 1. The maximum Gasteiger partial charge on any atom is 0.125 e. The molecule has 86 valence electrons. The van der Waals surface area contributed by atoms with E-state index < -0.39 is 0 Å². The van der Waals surface area contributed by atoms with Crippen LogP contribution in [0.5, 0.6) is 0 Å². The van der Waals surface area contributed by atoms with Crippen LogP contribution in [-0.4, -0.2) is 12.6 Å². The van der Waals surface area contributed by atoms with Gasteiger partial charge in [0.15, 0.2) is 0 Å². The lowest BCUT2D eigenvalue weighted by atomic mass is 10.2. The van der Waals surface area contributed by atoms with Crippen LogP contribution in [0, 0.1) is 17.1 Å². The van der Waals surface area contributed by atoms with Gasteiger partial charge in [-0.15, -0.1) is 0 Å². The minimum Gasteiger partial charge on any atom is -0.397 e. The topological polar surface area (TPSA) is 53.0 Å². The van der Waals surface area contributed by atoms with Crippen molar-refractivity contribution in [2.45, 2.75) is 26.3 Å². The van der Waals surface area contributed by atoms with Gasteiger partial charge in [0.25, 0.3) is 0 Å². The maximum atomic E-state index is 12.9. The first-order valence-electron chi connectivity index (χ1n) is 5.25. The fraction of sp³-hybridized carbons (Fsp3) is 0.417. The van der Waals surface area contributed by atoms with Crippen molar-refractivity contribution < 1.29 is 4.39 Å². The van der Waals surface area contributed by atoms with Gasteiger partial charge in [-0.1, -0.05) is 0 Å². The van der Waals surface area contributed by atoms with Gasteiger partial charge in [-0.2, -0.15) is 5.26 Å². The Labute approximate surface area is 95.3 Å². The van der Waals surface area contributed by atoms with E-state index >= 15 is 0 Å². The molecule has 4 heteroatoms. The molecule has 0 fully saturated rings. The molecule has 0 spiro atoms. The predicted molar refractivity (Wildman–Crippen MR) is 63.5 cm³/mol. The molecule has 0 radical (unpaired) electrons. The molecule has 0 saturated heterocycles. The highest BCUT2D eigenvalue weighted by atomic mass is 19.1. The van der Waals surface area contributed by atoms with E-state index in [4.69, 9.17) is 11.0 Å². The summed E-state index contributed by atoms with van der Waals surface area (Å²) in [6.07, 6.45) is 0.426. The van der Waals surface area contributed by atoms with Crippen molar-refractivity contribution in [3.05, 3.63) is 24.0 Å². The fourth-order valence-electron chi connectivity index (χ4n) is 1.61. The van der Waals surface area contributed by atoms with Crippen LogP contribution in [0.15, 0.2) is 18.2 Å². The first kappa shape index (κ1) is 12.3. The van der Waals surface area contributed by atoms with Crippen LogP contribution in [0.1, 0.15) is 20.3 Å². The zero-order valence-electron chi connectivity index (χ0n) is 9.57. The molecule has 1 rings (SSSR count). The average Bonchev–Trinajstić information content (AvgIpc) is 2.20. The summed E-state index contributed by atoms with van der Waals surface area (Å²) in [4.78, 5) is 2.00. The molecular weight excluding hydrogens is 205 g/mol. The minimum absolute atomic E-state index is 0.223. The molecular formula is C12H16FN3. The van der Waals surface area contributed by atoms with Gasteiger partial charge in [-0.25, -0.2) is 4.39 Å². The second-order valence-corrected chi connectivity index (χ2v) is 3.90. The van der Waals surface area contributed by atoms with Gasteiger partial charge < -0.3 is 10.6 Å². The lowest BCUT2D eigenvalue weighted by Gasteiger charge is -2.29. The summed E-state index contributed by atoms with van der Waals surface area (Å²) in [6.45, 7) is 4.63. The van der Waals surface area contributed by atoms with E-state index in [9.17, 15) is 4.39 Å². The smallest absolute Gasteiger partial charge is 0.125 e. The molecule has 0 aromatic heterocycles. The molecule has 0 heterocycles. The summed E-state index contributed by atoms with van der Waals surface area (Å²) in [5.41, 5.74) is 6.96. The van der Waals surface area contributed by atoms with E-state index in [0.717, 1.165) is 5.69 Å². The highest BCUT2D eigenvalue weighted by Crippen LogP contribution is 2.25. The zero-order valence-corrected chi connectivity index (χ0v) is 9.57. The number of nitriles is 1. The zero-order chi connectivity index (χ0) is 12.1. The minimum atomic E-state index is -0.342. The Kier molecular flexibility index (Phi) is 4.12. The van der Waals surface area contributed by atoms with Gasteiger partial charge in [0, 0.05) is 12.6 Å². The molecule has 0 unspecified atom stereocenters. The normalized spacial score (nSPS) is 10.2. The molecule has 0 aliphatic carbocycles. The third kappa shape index (κ3) is 2.86. The maximum absolute atomic E-state index is 12.9. The van der Waals surface area contributed by atoms with E-state index in [0.29, 0.717) is 18.7 Å². The van der Waals surface area contributed by atoms with Crippen molar-refractivity contribution >= 4 is 11.4 Å². The third-order valence-corrected chi connectivity index (χ3v) is 2.39. The number of hydrogen-bond acceptors (Lipinski definition) is 3. The SMILES string of the molecule is CC(C)N(CCC#N)c1ccc(F)cc1N. The number of benzene rings is 1. The fourth-order valence-corrected chi connectivity index (χ4v) is 1.61. The Morgan fingerprint density at radius 1 is 1.50 bits per heavy atom. The van der Waals surface area contributed by atoms with Gasteiger partial charge in [-0.05, 0) is 32.0 Å². The third-order valence-electron chi connectivity index (χ3n) is 2.39. The molecule has 0 aliphatic rings. The van der Waals surface area contributed by atoms with Gasteiger partial charge in [0.05, 0.1) is 23.9 Å². The summed E-state index contributed by atoms with van der Waals surface area (Å²) >= 11 is 0. The largest absolute Gasteiger partial charge is 0.397 e. The van der Waals surface area contributed by atoms with Gasteiger partial charge in [0.1, 0.15) is 5.82 Å². The lowest BCUT2D eigenvalue weighted by Crippen LogP contribution is -2.32. The second-order valence-electron chi connectivity index (χ2n) is 3.90. The number of hydrogen-bond donors (Lipinski definition) is 1. The molecule has 2 N–H and O–H groups in total. The van der Waals surface area contributed by atoms with Gasteiger partial charge in [0.2, 0.25) is 0 Å². The molecule has 16 heavy (non-hydrogen) atoms. The summed E-state index contributed by atoms with van der Waals surface area (Å²) in [5.74, 6) is -0.342. The molecule has 3 nitrogen and oxygen atoms in total. The number of nitrogens with two attached hydrogens (primary N) is 1.